The Morgan fingerprint density at radius 1 is 1.18 bits per heavy atom. The number of benzene rings is 1. The van der Waals surface area contributed by atoms with Crippen LogP contribution in [0.1, 0.15) is 68.4 Å². The van der Waals surface area contributed by atoms with Gasteiger partial charge in [-0.1, -0.05) is 41.3 Å². The monoisotopic (exact) mass is 535 g/mol. The van der Waals surface area contributed by atoms with E-state index in [0.717, 1.165) is 36.8 Å². The van der Waals surface area contributed by atoms with Crippen LogP contribution in [0.25, 0.3) is 10.9 Å². The third-order valence-corrected chi connectivity index (χ3v) is 7.32. The quantitative estimate of drug-likeness (QED) is 0.449. The van der Waals surface area contributed by atoms with Gasteiger partial charge >= 0.3 is 6.18 Å². The third-order valence-electron chi connectivity index (χ3n) is 6.83. The predicted molar refractivity (Wildman–Crippen MR) is 131 cm³/mol. The van der Waals surface area contributed by atoms with Crippen molar-refractivity contribution in [1.29, 1.82) is 0 Å². The minimum atomic E-state index is -4.65. The molecular weight excluding hydrogens is 507 g/mol. The Labute approximate surface area is 206 Å². The summed E-state index contributed by atoms with van der Waals surface area (Å²) in [6.45, 7) is 5.73. The number of carbonyl (C=O) groups is 1. The Bertz CT molecular complexity index is 1150. The Hall–Kier alpha value is -2.35. The van der Waals surface area contributed by atoms with Crippen LogP contribution in [0.3, 0.4) is 0 Å². The third kappa shape index (κ3) is 5.48. The molecule has 4 nitrogen and oxygen atoms in total. The molecule has 1 saturated carbocycles. The number of hydrogen-bond acceptors (Lipinski definition) is 3. The molecule has 1 aliphatic heterocycles. The normalized spacial score (nSPS) is 18.2. The molecule has 2 aromatic rings. The Balaban J connectivity index is 1.69. The zero-order valence-corrected chi connectivity index (χ0v) is 21.0. The van der Waals surface area contributed by atoms with Gasteiger partial charge in [-0.05, 0) is 68.9 Å². The van der Waals surface area contributed by atoms with Gasteiger partial charge in [0.2, 0.25) is 0 Å². The largest absolute Gasteiger partial charge is 0.433 e. The number of rotatable bonds is 4. The molecule has 1 aliphatic carbocycles. The lowest BCUT2D eigenvalue weighted by Crippen LogP contribution is -2.33. The number of hydrogen-bond donors (Lipinski definition) is 1. The van der Waals surface area contributed by atoms with E-state index in [-0.39, 0.29) is 11.1 Å². The fourth-order valence-corrected chi connectivity index (χ4v) is 5.32. The van der Waals surface area contributed by atoms with Crippen molar-refractivity contribution >= 4 is 32.7 Å². The van der Waals surface area contributed by atoms with Gasteiger partial charge in [0.05, 0.1) is 16.8 Å². The Kier molecular flexibility index (Phi) is 7.36. The highest BCUT2D eigenvalue weighted by Gasteiger charge is 2.34. The fraction of sp³-hybridized carbons (Fsp3) is 0.462. The van der Waals surface area contributed by atoms with Crippen LogP contribution >= 0.6 is 15.9 Å². The van der Waals surface area contributed by atoms with Crippen LogP contribution in [-0.4, -0.2) is 28.9 Å². The van der Waals surface area contributed by atoms with Gasteiger partial charge in [0.1, 0.15) is 5.69 Å². The minimum Gasteiger partial charge on any atom is -0.373 e. The molecule has 0 saturated heterocycles. The first-order valence-corrected chi connectivity index (χ1v) is 12.5. The molecule has 0 radical (unpaired) electrons. The molecule has 1 amide bonds. The molecule has 1 N–H and O–H groups in total. The molecule has 0 bridgehead atoms. The average molecular weight is 536 g/mol. The van der Waals surface area contributed by atoms with Crippen molar-refractivity contribution in [3.8, 4) is 0 Å². The second kappa shape index (κ2) is 10.1. The summed E-state index contributed by atoms with van der Waals surface area (Å²) >= 11 is 3.35. The molecule has 0 spiro atoms. The van der Waals surface area contributed by atoms with Gasteiger partial charge in [-0.3, -0.25) is 4.79 Å². The number of amides is 1. The highest BCUT2D eigenvalue weighted by molar-refractivity contribution is 9.10. The molecular formula is C26H29BrF3N3O. The molecule has 0 unspecified atom stereocenters. The summed E-state index contributed by atoms with van der Waals surface area (Å²) in [7, 11) is 0. The van der Waals surface area contributed by atoms with Crippen molar-refractivity contribution in [2.24, 2.45) is 5.92 Å². The number of allylic oxidation sites excluding steroid dienone is 2. The number of carbonyl (C=O) groups excluding carboxylic acids is 1. The molecule has 1 aromatic carbocycles. The summed E-state index contributed by atoms with van der Waals surface area (Å²) in [6, 6.07) is 5.57. The van der Waals surface area contributed by atoms with Crippen LogP contribution < -0.4 is 5.32 Å². The van der Waals surface area contributed by atoms with Crippen LogP contribution in [0.15, 0.2) is 51.8 Å². The van der Waals surface area contributed by atoms with E-state index in [4.69, 9.17) is 0 Å². The van der Waals surface area contributed by atoms with E-state index in [1.807, 2.05) is 13.8 Å². The standard InChI is InChI=1S/C26H29BrF3N3O/c1-16-7-6-12-33(15-18-8-4-3-5-9-18)17(2)24(16)32-25(34)21-14-23(26(28,29)30)31-22-11-10-19(27)13-20(21)22/h7,10-11,13-14,18H,3-6,8-9,12,15H2,1-2H3,(H,32,34). The molecule has 2 aliphatic rings. The summed E-state index contributed by atoms with van der Waals surface area (Å²) in [4.78, 5) is 19.5. The lowest BCUT2D eigenvalue weighted by molar-refractivity contribution is -0.140. The highest BCUT2D eigenvalue weighted by Crippen LogP contribution is 2.33. The second-order valence-corrected chi connectivity index (χ2v) is 10.2. The average Bonchev–Trinajstić information content (AvgIpc) is 2.92. The van der Waals surface area contributed by atoms with E-state index >= 15 is 0 Å². The maximum Gasteiger partial charge on any atom is 0.433 e. The lowest BCUT2D eigenvalue weighted by atomic mass is 9.89. The first kappa shape index (κ1) is 24.8. The molecule has 34 heavy (non-hydrogen) atoms. The van der Waals surface area contributed by atoms with Gasteiger partial charge in [0, 0.05) is 28.6 Å². The van der Waals surface area contributed by atoms with Crippen LogP contribution in [-0.2, 0) is 6.18 Å². The van der Waals surface area contributed by atoms with Crippen LogP contribution in [0.2, 0.25) is 0 Å². The van der Waals surface area contributed by atoms with E-state index in [1.54, 1.807) is 12.1 Å². The Morgan fingerprint density at radius 3 is 2.62 bits per heavy atom. The highest BCUT2D eigenvalue weighted by atomic mass is 79.9. The van der Waals surface area contributed by atoms with Crippen LogP contribution in [0.4, 0.5) is 13.2 Å². The summed E-state index contributed by atoms with van der Waals surface area (Å²) < 4.78 is 41.2. The van der Waals surface area contributed by atoms with Crippen molar-refractivity contribution in [1.82, 2.24) is 15.2 Å². The van der Waals surface area contributed by atoms with Crippen molar-refractivity contribution in [3.05, 3.63) is 63.0 Å². The predicted octanol–water partition coefficient (Wildman–Crippen LogP) is 7.21. The number of pyridine rings is 1. The fourth-order valence-electron chi connectivity index (χ4n) is 4.96. The summed E-state index contributed by atoms with van der Waals surface area (Å²) in [5.41, 5.74) is 1.56. The number of fused-ring (bicyclic) bond motifs is 1. The Morgan fingerprint density at radius 2 is 1.91 bits per heavy atom. The smallest absolute Gasteiger partial charge is 0.373 e. The van der Waals surface area contributed by atoms with Gasteiger partial charge in [-0.25, -0.2) is 4.98 Å². The number of halogens is 4. The molecule has 1 fully saturated rings. The summed E-state index contributed by atoms with van der Waals surface area (Å²) in [5, 5.41) is 3.32. The summed E-state index contributed by atoms with van der Waals surface area (Å²) in [6.07, 6.45) is 4.54. The van der Waals surface area contributed by atoms with Crippen molar-refractivity contribution in [2.75, 3.05) is 13.1 Å². The van der Waals surface area contributed by atoms with E-state index in [9.17, 15) is 18.0 Å². The SMILES string of the molecule is CC1=CCCN(CC2CCCCC2)C(C)=C1NC(=O)c1cc(C(F)(F)F)nc2ccc(Br)cc12. The first-order valence-electron chi connectivity index (χ1n) is 11.8. The summed E-state index contributed by atoms with van der Waals surface area (Å²) in [5.74, 6) is 0.0625. The van der Waals surface area contributed by atoms with E-state index in [0.29, 0.717) is 21.5 Å². The van der Waals surface area contributed by atoms with E-state index < -0.39 is 17.8 Å². The van der Waals surface area contributed by atoms with E-state index in [2.05, 4.69) is 37.2 Å². The molecule has 1 aromatic heterocycles. The molecule has 4 rings (SSSR count). The number of alkyl halides is 3. The van der Waals surface area contributed by atoms with Gasteiger partial charge in [-0.2, -0.15) is 13.2 Å². The van der Waals surface area contributed by atoms with Gasteiger partial charge in [0.25, 0.3) is 5.91 Å². The van der Waals surface area contributed by atoms with Crippen molar-refractivity contribution in [3.63, 3.8) is 0 Å². The second-order valence-electron chi connectivity index (χ2n) is 9.25. The number of nitrogens with zero attached hydrogens (tertiary/aromatic N) is 2. The van der Waals surface area contributed by atoms with Crippen molar-refractivity contribution < 1.29 is 18.0 Å². The number of aromatic nitrogens is 1. The first-order chi connectivity index (χ1) is 16.1. The van der Waals surface area contributed by atoms with Gasteiger partial charge < -0.3 is 10.2 Å². The molecule has 8 heteroatoms. The molecule has 182 valence electrons. The van der Waals surface area contributed by atoms with E-state index in [1.165, 1.54) is 38.2 Å². The van der Waals surface area contributed by atoms with Crippen LogP contribution in [0.5, 0.6) is 0 Å². The topological polar surface area (TPSA) is 45.2 Å². The van der Waals surface area contributed by atoms with Crippen molar-refractivity contribution in [2.45, 2.75) is 58.5 Å². The maximum atomic E-state index is 13.5. The maximum absolute atomic E-state index is 13.5. The zero-order chi connectivity index (χ0) is 24.5. The van der Waals surface area contributed by atoms with Gasteiger partial charge in [-0.15, -0.1) is 0 Å². The minimum absolute atomic E-state index is 0.0465. The van der Waals surface area contributed by atoms with Crippen LogP contribution in [0, 0.1) is 5.92 Å². The van der Waals surface area contributed by atoms with Gasteiger partial charge in [0.15, 0.2) is 0 Å². The molecule has 0 atom stereocenters. The zero-order valence-electron chi connectivity index (χ0n) is 19.4. The number of nitrogens with one attached hydrogen (secondary N) is 1. The lowest BCUT2D eigenvalue weighted by Gasteiger charge is -2.32. The molecule has 2 heterocycles.